The molecule has 0 aliphatic carbocycles. The molecule has 130 valence electrons. The van der Waals surface area contributed by atoms with Gasteiger partial charge in [0, 0.05) is 16.8 Å². The smallest absolute Gasteiger partial charge is 0.338 e. The van der Waals surface area contributed by atoms with Gasteiger partial charge in [0.1, 0.15) is 0 Å². The lowest BCUT2D eigenvalue weighted by atomic mass is 10.2. The summed E-state index contributed by atoms with van der Waals surface area (Å²) in [4.78, 5) is 33.8. The van der Waals surface area contributed by atoms with Crippen LogP contribution in [0.1, 0.15) is 17.3 Å². The molecule has 0 heterocycles. The number of amides is 1. The van der Waals surface area contributed by atoms with Crippen molar-refractivity contribution in [2.45, 2.75) is 13.0 Å². The van der Waals surface area contributed by atoms with Gasteiger partial charge in [0.25, 0.3) is 5.91 Å². The number of anilines is 1. The highest BCUT2D eigenvalue weighted by Crippen LogP contribution is 2.22. The van der Waals surface area contributed by atoms with Crippen molar-refractivity contribution in [2.75, 3.05) is 5.32 Å². The van der Waals surface area contributed by atoms with Crippen LogP contribution in [-0.2, 0) is 9.53 Å². The number of ether oxygens (including phenoxy) is 1. The van der Waals surface area contributed by atoms with Gasteiger partial charge >= 0.3 is 11.7 Å². The minimum absolute atomic E-state index is 0.00348. The normalized spacial score (nSPS) is 11.5. The minimum atomic E-state index is -1.18. The molecule has 9 heteroatoms. The second-order valence-corrected chi connectivity index (χ2v) is 5.41. The zero-order valence-corrected chi connectivity index (χ0v) is 13.6. The Balaban J connectivity index is 2.04. The molecule has 0 unspecified atom stereocenters. The van der Waals surface area contributed by atoms with E-state index in [1.54, 1.807) is 12.1 Å². The van der Waals surface area contributed by atoms with E-state index in [-0.39, 0.29) is 11.3 Å². The third-order valence-electron chi connectivity index (χ3n) is 3.12. The van der Waals surface area contributed by atoms with Crippen LogP contribution in [0.25, 0.3) is 0 Å². The summed E-state index contributed by atoms with van der Waals surface area (Å²) >= 11 is 5.78. The first-order valence-corrected chi connectivity index (χ1v) is 7.37. The van der Waals surface area contributed by atoms with Crippen LogP contribution < -0.4 is 5.32 Å². The summed E-state index contributed by atoms with van der Waals surface area (Å²) in [6.07, 6.45) is -1.18. The lowest BCUT2D eigenvalue weighted by Gasteiger charge is -2.13. The van der Waals surface area contributed by atoms with E-state index in [0.717, 1.165) is 18.2 Å². The van der Waals surface area contributed by atoms with E-state index in [2.05, 4.69) is 5.32 Å². The number of rotatable bonds is 5. The van der Waals surface area contributed by atoms with Gasteiger partial charge in [-0.15, -0.1) is 0 Å². The Labute approximate surface area is 146 Å². The van der Waals surface area contributed by atoms with Crippen LogP contribution in [0.3, 0.4) is 0 Å². The van der Waals surface area contributed by atoms with Crippen LogP contribution in [0.5, 0.6) is 0 Å². The highest BCUT2D eigenvalue weighted by Gasteiger charge is 2.21. The van der Waals surface area contributed by atoms with E-state index in [9.17, 15) is 24.1 Å². The lowest BCUT2D eigenvalue weighted by Crippen LogP contribution is -2.30. The van der Waals surface area contributed by atoms with Crippen LogP contribution in [0, 0.1) is 15.9 Å². The van der Waals surface area contributed by atoms with Gasteiger partial charge in [-0.2, -0.15) is 4.39 Å². The number of benzene rings is 2. The Morgan fingerprint density at radius 1 is 1.28 bits per heavy atom. The monoisotopic (exact) mass is 366 g/mol. The van der Waals surface area contributed by atoms with Crippen LogP contribution in [-0.4, -0.2) is 22.9 Å². The Morgan fingerprint density at radius 3 is 2.64 bits per heavy atom. The molecule has 7 nitrogen and oxygen atoms in total. The zero-order valence-electron chi connectivity index (χ0n) is 12.9. The van der Waals surface area contributed by atoms with Crippen molar-refractivity contribution >= 4 is 34.9 Å². The van der Waals surface area contributed by atoms with Crippen molar-refractivity contribution in [1.29, 1.82) is 0 Å². The van der Waals surface area contributed by atoms with Crippen molar-refractivity contribution in [3.8, 4) is 0 Å². The molecule has 2 rings (SSSR count). The standard InChI is InChI=1S/C16H12ClFN2O5/c1-9(25-16(22)10-3-2-4-11(17)7-10)15(21)19-12-5-6-13(18)14(8-12)20(23)24/h2-9H,1H3,(H,19,21)/t9-/m0/s1. The fraction of sp³-hybridized carbons (Fsp3) is 0.125. The van der Waals surface area contributed by atoms with Crippen LogP contribution >= 0.6 is 11.6 Å². The summed E-state index contributed by atoms with van der Waals surface area (Å²) in [5.74, 6) is -2.50. The Bertz CT molecular complexity index is 843. The van der Waals surface area contributed by atoms with E-state index >= 15 is 0 Å². The molecule has 25 heavy (non-hydrogen) atoms. The highest BCUT2D eigenvalue weighted by molar-refractivity contribution is 6.30. The zero-order chi connectivity index (χ0) is 18.6. The quantitative estimate of drug-likeness (QED) is 0.495. The summed E-state index contributed by atoms with van der Waals surface area (Å²) in [5, 5.41) is 13.4. The van der Waals surface area contributed by atoms with Gasteiger partial charge in [0.15, 0.2) is 6.10 Å². The molecule has 0 spiro atoms. The van der Waals surface area contributed by atoms with Crippen LogP contribution in [0.2, 0.25) is 5.02 Å². The SMILES string of the molecule is C[C@H](OC(=O)c1cccc(Cl)c1)C(=O)Nc1ccc(F)c([N+](=O)[O-])c1. The van der Waals surface area contributed by atoms with Gasteiger partial charge in [-0.3, -0.25) is 14.9 Å². The summed E-state index contributed by atoms with van der Waals surface area (Å²) in [5.41, 5.74) is -0.602. The van der Waals surface area contributed by atoms with Gasteiger partial charge in [0.2, 0.25) is 5.82 Å². The van der Waals surface area contributed by atoms with Gasteiger partial charge < -0.3 is 10.1 Å². The fourth-order valence-corrected chi connectivity index (χ4v) is 2.06. The minimum Gasteiger partial charge on any atom is -0.449 e. The van der Waals surface area contributed by atoms with Gasteiger partial charge in [-0.1, -0.05) is 17.7 Å². The van der Waals surface area contributed by atoms with Crippen molar-refractivity contribution in [1.82, 2.24) is 0 Å². The van der Waals surface area contributed by atoms with Crippen molar-refractivity contribution in [3.05, 3.63) is 69.0 Å². The van der Waals surface area contributed by atoms with Crippen LogP contribution in [0.15, 0.2) is 42.5 Å². The molecule has 1 N–H and O–H groups in total. The molecule has 0 radical (unpaired) electrons. The van der Waals surface area contributed by atoms with E-state index in [4.69, 9.17) is 16.3 Å². The molecule has 0 aromatic heterocycles. The average molecular weight is 367 g/mol. The first kappa shape index (κ1) is 18.3. The number of nitro groups is 1. The predicted molar refractivity (Wildman–Crippen MR) is 88.0 cm³/mol. The maximum atomic E-state index is 13.3. The molecule has 0 aliphatic rings. The Hall–Kier alpha value is -3.00. The van der Waals surface area contributed by atoms with E-state index in [1.807, 2.05) is 0 Å². The number of nitrogens with zero attached hydrogens (tertiary/aromatic N) is 1. The van der Waals surface area contributed by atoms with E-state index in [1.165, 1.54) is 19.1 Å². The maximum Gasteiger partial charge on any atom is 0.338 e. The predicted octanol–water partition coefficient (Wildman–Crippen LogP) is 3.57. The number of halogens is 2. The molecule has 0 bridgehead atoms. The molecule has 1 atom stereocenters. The van der Waals surface area contributed by atoms with E-state index in [0.29, 0.717) is 5.02 Å². The van der Waals surface area contributed by atoms with Crippen molar-refractivity contribution < 1.29 is 23.6 Å². The Kier molecular flexibility index (Phi) is 5.66. The van der Waals surface area contributed by atoms with Crippen molar-refractivity contribution in [2.24, 2.45) is 0 Å². The second kappa shape index (κ2) is 7.71. The molecular weight excluding hydrogens is 355 g/mol. The maximum absolute atomic E-state index is 13.3. The summed E-state index contributed by atoms with van der Waals surface area (Å²) in [6.45, 7) is 1.33. The fourth-order valence-electron chi connectivity index (χ4n) is 1.87. The summed E-state index contributed by atoms with van der Waals surface area (Å²) in [6, 6.07) is 8.89. The number of carbonyl (C=O) groups is 2. The summed E-state index contributed by atoms with van der Waals surface area (Å²) in [7, 11) is 0. The van der Waals surface area contributed by atoms with Gasteiger partial charge in [0.05, 0.1) is 10.5 Å². The molecular formula is C16H12ClFN2O5. The molecule has 2 aromatic carbocycles. The van der Waals surface area contributed by atoms with Gasteiger partial charge in [-0.25, -0.2) is 4.79 Å². The lowest BCUT2D eigenvalue weighted by molar-refractivity contribution is -0.387. The molecule has 0 aliphatic heterocycles. The number of nitro benzene ring substituents is 1. The molecule has 0 saturated carbocycles. The largest absolute Gasteiger partial charge is 0.449 e. The van der Waals surface area contributed by atoms with Gasteiger partial charge in [-0.05, 0) is 37.3 Å². The molecule has 1 amide bonds. The average Bonchev–Trinajstić information content (AvgIpc) is 2.56. The third kappa shape index (κ3) is 4.74. The topological polar surface area (TPSA) is 98.5 Å². The first-order chi connectivity index (χ1) is 11.8. The second-order valence-electron chi connectivity index (χ2n) is 4.97. The number of carbonyl (C=O) groups excluding carboxylic acids is 2. The Morgan fingerprint density at radius 2 is 2.00 bits per heavy atom. The van der Waals surface area contributed by atoms with Crippen molar-refractivity contribution in [3.63, 3.8) is 0 Å². The summed E-state index contributed by atoms with van der Waals surface area (Å²) < 4.78 is 18.3. The van der Waals surface area contributed by atoms with Crippen LogP contribution in [0.4, 0.5) is 15.8 Å². The number of hydrogen-bond acceptors (Lipinski definition) is 5. The molecule has 0 fully saturated rings. The van der Waals surface area contributed by atoms with E-state index < -0.39 is 34.4 Å². The highest BCUT2D eigenvalue weighted by atomic mass is 35.5. The number of esters is 1. The third-order valence-corrected chi connectivity index (χ3v) is 3.36. The molecule has 0 saturated heterocycles. The number of nitrogens with one attached hydrogen (secondary N) is 1. The first-order valence-electron chi connectivity index (χ1n) is 6.99. The molecule has 2 aromatic rings. The number of hydrogen-bond donors (Lipinski definition) is 1.